The Hall–Kier alpha value is -3.66. The maximum atomic E-state index is 14.0. The minimum absolute atomic E-state index is 0.202. The van der Waals surface area contributed by atoms with Crippen molar-refractivity contribution in [1.29, 1.82) is 0 Å². The van der Waals surface area contributed by atoms with Gasteiger partial charge in [0.05, 0.1) is 11.6 Å². The number of nitrogens with zero attached hydrogens (tertiary/aromatic N) is 6. The van der Waals surface area contributed by atoms with E-state index in [1.807, 2.05) is 24.3 Å². The Kier molecular flexibility index (Phi) is 4.34. The van der Waals surface area contributed by atoms with Crippen LogP contribution in [-0.2, 0) is 0 Å². The smallest absolute Gasteiger partial charge is 0.363 e. The van der Waals surface area contributed by atoms with E-state index in [0.717, 1.165) is 15.6 Å². The Balaban J connectivity index is 1.44. The summed E-state index contributed by atoms with van der Waals surface area (Å²) < 4.78 is 44.4. The van der Waals surface area contributed by atoms with Crippen molar-refractivity contribution >= 4 is 34.0 Å². The van der Waals surface area contributed by atoms with Gasteiger partial charge in [0, 0.05) is 22.9 Å². The topological polar surface area (TPSA) is 72.9 Å². The Bertz CT molecular complexity index is 1490. The summed E-state index contributed by atoms with van der Waals surface area (Å²) in [6.45, 7) is 0. The highest BCUT2D eigenvalue weighted by molar-refractivity contribution is 6.30. The Labute approximate surface area is 189 Å². The highest BCUT2D eigenvalue weighted by Gasteiger charge is 2.46. The fourth-order valence-corrected chi connectivity index (χ4v) is 4.31. The van der Waals surface area contributed by atoms with Crippen LogP contribution < -0.4 is 5.32 Å². The van der Waals surface area contributed by atoms with E-state index in [2.05, 4.69) is 25.5 Å². The van der Waals surface area contributed by atoms with Crippen LogP contribution in [0.3, 0.4) is 0 Å². The fourth-order valence-electron chi connectivity index (χ4n) is 4.18. The molecule has 1 N–H and O–H groups in total. The predicted octanol–water partition coefficient (Wildman–Crippen LogP) is 5.45. The minimum Gasteiger partial charge on any atom is -0.363 e. The highest BCUT2D eigenvalue weighted by Crippen LogP contribution is 2.44. The standard InChI is InChI=1S/C22H15ClF3N7/c23-13-7-5-12(6-8-13)16-9-18(22(24,25)26)33-19(28-16)10-17(30-33)20-29-21-14-3-1-2-4-15(14)27-11-32(21)31-20/h1-8,10-11,16,18,28H,9H2/t16-,18-/m0/s1. The number of benzene rings is 2. The van der Waals surface area contributed by atoms with Gasteiger partial charge in [-0.15, -0.1) is 5.10 Å². The number of halogens is 4. The molecule has 2 atom stereocenters. The number of aromatic nitrogens is 6. The summed E-state index contributed by atoms with van der Waals surface area (Å²) in [6, 6.07) is 13.4. The van der Waals surface area contributed by atoms with Crippen LogP contribution in [0.5, 0.6) is 0 Å². The van der Waals surface area contributed by atoms with E-state index in [9.17, 15) is 13.2 Å². The maximum Gasteiger partial charge on any atom is 0.410 e. The molecule has 0 bridgehead atoms. The van der Waals surface area contributed by atoms with Gasteiger partial charge in [-0.1, -0.05) is 35.9 Å². The number of rotatable bonds is 2. The molecular weight excluding hydrogens is 455 g/mol. The third kappa shape index (κ3) is 3.37. The van der Waals surface area contributed by atoms with E-state index in [1.54, 1.807) is 30.3 Å². The fraction of sp³-hybridized carbons (Fsp3) is 0.182. The Morgan fingerprint density at radius 1 is 1.03 bits per heavy atom. The lowest BCUT2D eigenvalue weighted by Gasteiger charge is -2.33. The van der Waals surface area contributed by atoms with E-state index in [0.29, 0.717) is 16.2 Å². The van der Waals surface area contributed by atoms with Gasteiger partial charge >= 0.3 is 6.18 Å². The lowest BCUT2D eigenvalue weighted by atomic mass is 9.97. The molecule has 0 amide bonds. The zero-order valence-corrected chi connectivity index (χ0v) is 17.6. The molecule has 1 aliphatic heterocycles. The monoisotopic (exact) mass is 469 g/mol. The summed E-state index contributed by atoms with van der Waals surface area (Å²) in [5.74, 6) is 0.473. The summed E-state index contributed by atoms with van der Waals surface area (Å²) in [4.78, 5) is 8.88. The average molecular weight is 470 g/mol. The first-order valence-corrected chi connectivity index (χ1v) is 10.5. The van der Waals surface area contributed by atoms with Crippen LogP contribution in [0.25, 0.3) is 28.1 Å². The van der Waals surface area contributed by atoms with Gasteiger partial charge in [0.25, 0.3) is 0 Å². The summed E-state index contributed by atoms with van der Waals surface area (Å²) in [6.07, 6.45) is -3.15. The van der Waals surface area contributed by atoms with Crippen molar-refractivity contribution in [3.05, 3.63) is 71.5 Å². The van der Waals surface area contributed by atoms with Crippen LogP contribution >= 0.6 is 11.6 Å². The lowest BCUT2D eigenvalue weighted by Crippen LogP contribution is -2.35. The highest BCUT2D eigenvalue weighted by atomic mass is 35.5. The lowest BCUT2D eigenvalue weighted by molar-refractivity contribution is -0.173. The van der Waals surface area contributed by atoms with E-state index in [4.69, 9.17) is 11.6 Å². The first-order valence-electron chi connectivity index (χ1n) is 10.2. The van der Waals surface area contributed by atoms with Gasteiger partial charge < -0.3 is 5.32 Å². The van der Waals surface area contributed by atoms with Gasteiger partial charge in [-0.05, 0) is 29.8 Å². The molecule has 33 heavy (non-hydrogen) atoms. The van der Waals surface area contributed by atoms with Crippen LogP contribution in [0.1, 0.15) is 24.1 Å². The minimum atomic E-state index is -4.47. The van der Waals surface area contributed by atoms with Gasteiger partial charge in [-0.25, -0.2) is 19.2 Å². The average Bonchev–Trinajstić information content (AvgIpc) is 3.42. The second kappa shape index (κ2) is 7.17. The van der Waals surface area contributed by atoms with E-state index < -0.39 is 18.3 Å². The molecule has 1 aliphatic rings. The number of para-hydroxylation sites is 1. The number of alkyl halides is 3. The number of hydrogen-bond acceptors (Lipinski definition) is 5. The molecule has 0 aliphatic carbocycles. The zero-order chi connectivity index (χ0) is 22.7. The molecule has 6 rings (SSSR count). The van der Waals surface area contributed by atoms with Gasteiger partial charge in [0.15, 0.2) is 11.7 Å². The van der Waals surface area contributed by atoms with Crippen molar-refractivity contribution in [2.24, 2.45) is 0 Å². The maximum absolute atomic E-state index is 14.0. The normalized spacial score (nSPS) is 18.4. The predicted molar refractivity (Wildman–Crippen MR) is 117 cm³/mol. The van der Waals surface area contributed by atoms with E-state index in [1.165, 1.54) is 10.8 Å². The second-order valence-electron chi connectivity index (χ2n) is 7.87. The zero-order valence-electron chi connectivity index (χ0n) is 16.8. The summed E-state index contributed by atoms with van der Waals surface area (Å²) in [7, 11) is 0. The summed E-state index contributed by atoms with van der Waals surface area (Å²) >= 11 is 5.94. The van der Waals surface area contributed by atoms with Crippen molar-refractivity contribution in [3.8, 4) is 11.5 Å². The Morgan fingerprint density at radius 2 is 1.82 bits per heavy atom. The first-order chi connectivity index (χ1) is 15.9. The van der Waals surface area contributed by atoms with Crippen LogP contribution in [0.2, 0.25) is 5.02 Å². The van der Waals surface area contributed by atoms with Gasteiger partial charge in [0.2, 0.25) is 5.82 Å². The molecule has 4 heterocycles. The van der Waals surface area contributed by atoms with Crippen molar-refractivity contribution in [2.45, 2.75) is 24.7 Å². The van der Waals surface area contributed by atoms with Gasteiger partial charge in [-0.3, -0.25) is 0 Å². The molecule has 3 aromatic heterocycles. The first kappa shape index (κ1) is 20.0. The SMILES string of the molecule is FC(F)(F)[C@@H]1C[C@@H](c2ccc(Cl)cc2)Nc2cc(-c3nc4c5ccccc5ncn4n3)nn21. The molecule has 0 spiro atoms. The molecule has 7 nitrogen and oxygen atoms in total. The molecule has 5 aromatic rings. The molecule has 2 aromatic carbocycles. The molecule has 0 radical (unpaired) electrons. The van der Waals surface area contributed by atoms with E-state index >= 15 is 0 Å². The van der Waals surface area contributed by atoms with Crippen molar-refractivity contribution < 1.29 is 13.2 Å². The second-order valence-corrected chi connectivity index (χ2v) is 8.30. The number of hydrogen-bond donors (Lipinski definition) is 1. The number of fused-ring (bicyclic) bond motifs is 4. The molecule has 166 valence electrons. The largest absolute Gasteiger partial charge is 0.410 e. The molecule has 0 unspecified atom stereocenters. The van der Waals surface area contributed by atoms with Crippen LogP contribution in [0.15, 0.2) is 60.9 Å². The van der Waals surface area contributed by atoms with Gasteiger partial charge in [-0.2, -0.15) is 18.3 Å². The van der Waals surface area contributed by atoms with E-state index in [-0.39, 0.29) is 23.8 Å². The number of nitrogens with one attached hydrogen (secondary N) is 1. The molecular formula is C22H15ClF3N7. The quantitative estimate of drug-likeness (QED) is 0.372. The van der Waals surface area contributed by atoms with Crippen molar-refractivity contribution in [3.63, 3.8) is 0 Å². The van der Waals surface area contributed by atoms with Crippen molar-refractivity contribution in [1.82, 2.24) is 29.4 Å². The molecule has 0 fully saturated rings. The van der Waals surface area contributed by atoms with Crippen LogP contribution in [0, 0.1) is 0 Å². The van der Waals surface area contributed by atoms with Crippen LogP contribution in [0.4, 0.5) is 19.0 Å². The Morgan fingerprint density at radius 3 is 2.61 bits per heavy atom. The van der Waals surface area contributed by atoms with Gasteiger partial charge in [0.1, 0.15) is 17.8 Å². The molecule has 0 saturated carbocycles. The third-order valence-corrected chi connectivity index (χ3v) is 6.03. The summed E-state index contributed by atoms with van der Waals surface area (Å²) in [5.41, 5.74) is 2.26. The van der Waals surface area contributed by atoms with Crippen molar-refractivity contribution in [2.75, 3.05) is 5.32 Å². The third-order valence-electron chi connectivity index (χ3n) is 5.77. The molecule has 11 heteroatoms. The number of anilines is 1. The summed E-state index contributed by atoms with van der Waals surface area (Å²) in [5, 5.41) is 13.1. The van der Waals surface area contributed by atoms with Crippen LogP contribution in [-0.4, -0.2) is 35.5 Å². The molecule has 0 saturated heterocycles.